The van der Waals surface area contributed by atoms with Crippen LogP contribution in [-0.4, -0.2) is 24.5 Å². The van der Waals surface area contributed by atoms with Crippen LogP contribution in [0, 0.1) is 6.92 Å². The van der Waals surface area contributed by atoms with E-state index in [0.717, 1.165) is 44.0 Å². The van der Waals surface area contributed by atoms with Crippen molar-refractivity contribution in [2.45, 2.75) is 20.3 Å². The summed E-state index contributed by atoms with van der Waals surface area (Å²) in [4.78, 5) is 30.6. The average molecular weight is 508 g/mol. The van der Waals surface area contributed by atoms with Crippen molar-refractivity contribution < 1.29 is 0 Å². The van der Waals surface area contributed by atoms with Crippen molar-refractivity contribution in [3.8, 4) is 16.1 Å². The number of thiazole rings is 1. The number of nitrogen functional groups attached to an aromatic ring is 2. The first kappa shape index (κ1) is 24.1. The molecular weight excluding hydrogens is 482 g/mol. The van der Waals surface area contributed by atoms with Crippen LogP contribution in [0.2, 0.25) is 0 Å². The SMILES string of the molecule is CCc1cc2cccc(-c3cnc(C)s3)c2c(=O)n1-c1ccccc1.Nc1nc(N)c2ncccc2n1. The highest BCUT2D eigenvalue weighted by molar-refractivity contribution is 7.15. The fourth-order valence-electron chi connectivity index (χ4n) is 4.24. The van der Waals surface area contributed by atoms with Crippen LogP contribution < -0.4 is 17.0 Å². The normalized spacial score (nSPS) is 10.9. The predicted molar refractivity (Wildman–Crippen MR) is 151 cm³/mol. The number of hydrogen-bond donors (Lipinski definition) is 2. The summed E-state index contributed by atoms with van der Waals surface area (Å²) in [5.74, 6) is 0.492. The molecule has 2 aromatic carbocycles. The maximum absolute atomic E-state index is 13.5. The van der Waals surface area contributed by atoms with Crippen LogP contribution in [0.5, 0.6) is 0 Å². The van der Waals surface area contributed by atoms with Gasteiger partial charge in [-0.2, -0.15) is 4.98 Å². The minimum atomic E-state index is 0.0298. The monoisotopic (exact) mass is 507 g/mol. The Balaban J connectivity index is 0.000000195. The van der Waals surface area contributed by atoms with Gasteiger partial charge in [0.15, 0.2) is 5.82 Å². The number of pyridine rings is 2. The van der Waals surface area contributed by atoms with Crippen LogP contribution in [0.15, 0.2) is 83.9 Å². The lowest BCUT2D eigenvalue weighted by Gasteiger charge is -2.15. The van der Waals surface area contributed by atoms with Crippen LogP contribution in [0.4, 0.5) is 11.8 Å². The number of aryl methyl sites for hydroxylation is 2. The highest BCUT2D eigenvalue weighted by atomic mass is 32.1. The number of fused-ring (bicyclic) bond motifs is 2. The molecule has 0 atom stereocenters. The first-order valence-electron chi connectivity index (χ1n) is 11.8. The number of nitrogens with two attached hydrogens (primary N) is 2. The Bertz CT molecular complexity index is 1780. The van der Waals surface area contributed by atoms with Crippen molar-refractivity contribution in [3.05, 3.63) is 100 Å². The number of para-hydroxylation sites is 1. The molecule has 0 aliphatic rings. The molecule has 6 aromatic rings. The molecule has 0 fully saturated rings. The minimum absolute atomic E-state index is 0.0298. The Morgan fingerprint density at radius 1 is 0.946 bits per heavy atom. The van der Waals surface area contributed by atoms with Crippen LogP contribution in [-0.2, 0) is 6.42 Å². The molecule has 0 radical (unpaired) electrons. The van der Waals surface area contributed by atoms with E-state index in [2.05, 4.69) is 32.9 Å². The summed E-state index contributed by atoms with van der Waals surface area (Å²) in [7, 11) is 0. The lowest BCUT2D eigenvalue weighted by molar-refractivity contribution is 0.889. The molecule has 4 aromatic heterocycles. The van der Waals surface area contributed by atoms with E-state index in [9.17, 15) is 4.79 Å². The second kappa shape index (κ2) is 10.2. The lowest BCUT2D eigenvalue weighted by atomic mass is 10.0. The van der Waals surface area contributed by atoms with Crippen LogP contribution in [0.3, 0.4) is 0 Å². The zero-order chi connectivity index (χ0) is 25.9. The molecule has 0 saturated carbocycles. The zero-order valence-corrected chi connectivity index (χ0v) is 21.2. The van der Waals surface area contributed by atoms with Gasteiger partial charge in [-0.25, -0.2) is 9.97 Å². The Morgan fingerprint density at radius 2 is 1.76 bits per heavy atom. The van der Waals surface area contributed by atoms with Gasteiger partial charge in [-0.3, -0.25) is 14.3 Å². The molecule has 0 unspecified atom stereocenters. The van der Waals surface area contributed by atoms with Gasteiger partial charge in [0.2, 0.25) is 5.95 Å². The number of anilines is 2. The summed E-state index contributed by atoms with van der Waals surface area (Å²) < 4.78 is 1.83. The van der Waals surface area contributed by atoms with Crippen molar-refractivity contribution in [2.75, 3.05) is 11.5 Å². The van der Waals surface area contributed by atoms with Crippen molar-refractivity contribution in [2.24, 2.45) is 0 Å². The molecule has 0 aliphatic carbocycles. The van der Waals surface area contributed by atoms with Crippen molar-refractivity contribution >= 4 is 44.9 Å². The number of aromatic nitrogens is 5. The third-order valence-corrected chi connectivity index (χ3v) is 6.83. The van der Waals surface area contributed by atoms with E-state index in [4.69, 9.17) is 11.5 Å². The quantitative estimate of drug-likeness (QED) is 0.338. The van der Waals surface area contributed by atoms with E-state index >= 15 is 0 Å². The average Bonchev–Trinajstić information content (AvgIpc) is 3.35. The Hall–Kier alpha value is -4.63. The van der Waals surface area contributed by atoms with E-state index in [-0.39, 0.29) is 11.5 Å². The fraction of sp³-hybridized carbons (Fsp3) is 0.107. The summed E-state index contributed by atoms with van der Waals surface area (Å²) in [6.07, 6.45) is 4.29. The Kier molecular flexibility index (Phi) is 6.61. The van der Waals surface area contributed by atoms with E-state index in [1.54, 1.807) is 29.7 Å². The third kappa shape index (κ3) is 4.76. The van der Waals surface area contributed by atoms with Gasteiger partial charge in [-0.15, -0.1) is 11.3 Å². The summed E-state index contributed by atoms with van der Waals surface area (Å²) in [5.41, 5.74) is 15.1. The van der Waals surface area contributed by atoms with E-state index in [1.807, 2.05) is 66.2 Å². The summed E-state index contributed by atoms with van der Waals surface area (Å²) in [6.45, 7) is 4.06. The largest absolute Gasteiger partial charge is 0.382 e. The van der Waals surface area contributed by atoms with Crippen LogP contribution in [0.1, 0.15) is 17.6 Å². The summed E-state index contributed by atoms with van der Waals surface area (Å²) in [6, 6.07) is 21.6. The minimum Gasteiger partial charge on any atom is -0.382 e. The first-order valence-corrected chi connectivity index (χ1v) is 12.6. The number of hydrogen-bond acceptors (Lipinski definition) is 8. The van der Waals surface area contributed by atoms with Crippen molar-refractivity contribution in [3.63, 3.8) is 0 Å². The molecule has 0 bridgehead atoms. The molecular formula is C28H25N7OS. The Morgan fingerprint density at radius 3 is 2.49 bits per heavy atom. The van der Waals surface area contributed by atoms with E-state index in [1.165, 1.54) is 0 Å². The van der Waals surface area contributed by atoms with Gasteiger partial charge < -0.3 is 11.5 Å². The van der Waals surface area contributed by atoms with E-state index < -0.39 is 0 Å². The molecule has 0 spiro atoms. The summed E-state index contributed by atoms with van der Waals surface area (Å²) >= 11 is 1.62. The molecule has 0 aliphatic heterocycles. The molecule has 4 N–H and O–H groups in total. The van der Waals surface area contributed by atoms with E-state index in [0.29, 0.717) is 16.9 Å². The van der Waals surface area contributed by atoms with Crippen molar-refractivity contribution in [1.29, 1.82) is 0 Å². The molecule has 184 valence electrons. The smallest absolute Gasteiger partial charge is 0.263 e. The first-order chi connectivity index (χ1) is 18.0. The van der Waals surface area contributed by atoms with Gasteiger partial charge in [0.05, 0.1) is 20.8 Å². The molecule has 6 rings (SSSR count). The fourth-order valence-corrected chi connectivity index (χ4v) is 5.05. The van der Waals surface area contributed by atoms with Gasteiger partial charge in [0, 0.05) is 29.3 Å². The standard InChI is InChI=1S/C21H18N2OS.C7H7N5/c1-3-16-12-15-8-7-11-18(19-13-22-14(2)25-19)20(15)21(24)23(16)17-9-5-4-6-10-17;8-6-5-4(2-1-3-10-5)11-7(9)12-6/h4-13H,3H2,1-2H3;1-3H,(H4,8,9,11,12). The number of nitrogens with zero attached hydrogens (tertiary/aromatic N) is 5. The maximum atomic E-state index is 13.5. The van der Waals surface area contributed by atoms with Crippen LogP contribution in [0.25, 0.3) is 37.9 Å². The third-order valence-electron chi connectivity index (χ3n) is 5.89. The van der Waals surface area contributed by atoms with Gasteiger partial charge >= 0.3 is 0 Å². The predicted octanol–water partition coefficient (Wildman–Crippen LogP) is 5.17. The van der Waals surface area contributed by atoms with Gasteiger partial charge in [0.25, 0.3) is 5.56 Å². The van der Waals surface area contributed by atoms with Crippen molar-refractivity contribution in [1.82, 2.24) is 24.5 Å². The molecule has 37 heavy (non-hydrogen) atoms. The molecule has 9 heteroatoms. The molecule has 4 heterocycles. The van der Waals surface area contributed by atoms with Crippen LogP contribution >= 0.6 is 11.3 Å². The van der Waals surface area contributed by atoms with Gasteiger partial charge in [-0.1, -0.05) is 43.3 Å². The number of rotatable bonds is 3. The van der Waals surface area contributed by atoms with Gasteiger partial charge in [-0.05, 0) is 49.1 Å². The lowest BCUT2D eigenvalue weighted by Crippen LogP contribution is -2.22. The molecule has 0 saturated heterocycles. The Labute approximate surface area is 217 Å². The highest BCUT2D eigenvalue weighted by Gasteiger charge is 2.15. The second-order valence-corrected chi connectivity index (χ2v) is 9.55. The highest BCUT2D eigenvalue weighted by Crippen LogP contribution is 2.31. The molecule has 0 amide bonds. The van der Waals surface area contributed by atoms with Gasteiger partial charge in [0.1, 0.15) is 5.52 Å². The topological polar surface area (TPSA) is 126 Å². The summed E-state index contributed by atoms with van der Waals surface area (Å²) in [5, 5.41) is 2.74. The zero-order valence-electron chi connectivity index (χ0n) is 20.4. The second-order valence-electron chi connectivity index (χ2n) is 8.32. The molecule has 8 nitrogen and oxygen atoms in total. The maximum Gasteiger partial charge on any atom is 0.263 e. The number of benzene rings is 2.